The van der Waals surface area contributed by atoms with E-state index in [1.165, 1.54) is 28.7 Å². The van der Waals surface area contributed by atoms with Crippen LogP contribution in [-0.2, 0) is 19.4 Å². The van der Waals surface area contributed by atoms with Gasteiger partial charge in [-0.15, -0.1) is 11.3 Å². The van der Waals surface area contributed by atoms with Crippen LogP contribution in [0.2, 0.25) is 0 Å². The molecule has 9 nitrogen and oxygen atoms in total. The fraction of sp³-hybridized carbons (Fsp3) is 0.257. The first-order chi connectivity index (χ1) is 23.3. The minimum atomic E-state index is -1.11. The van der Waals surface area contributed by atoms with Crippen LogP contribution >= 0.6 is 35.3 Å². The highest BCUT2D eigenvalue weighted by Crippen LogP contribution is 2.33. The van der Waals surface area contributed by atoms with Gasteiger partial charge in [0.25, 0.3) is 5.91 Å². The predicted molar refractivity (Wildman–Crippen MR) is 191 cm³/mol. The molecule has 6 rings (SSSR count). The number of hydrogen-bond donors (Lipinski definition) is 3. The smallest absolute Gasteiger partial charge is 0.355 e. The maximum absolute atomic E-state index is 14.6. The number of aromatic nitrogens is 2. The van der Waals surface area contributed by atoms with Crippen LogP contribution in [0.15, 0.2) is 60.7 Å². The number of halogens is 1. The molecule has 2 N–H and O–H groups in total. The summed E-state index contributed by atoms with van der Waals surface area (Å²) in [5.74, 6) is 4.75. The number of carbonyl (C=O) groups is 2. The zero-order valence-electron chi connectivity index (χ0n) is 26.0. The summed E-state index contributed by atoms with van der Waals surface area (Å²) in [6.07, 6.45) is 1.56. The molecule has 0 aliphatic carbocycles. The number of amides is 1. The van der Waals surface area contributed by atoms with E-state index in [1.807, 2.05) is 53.2 Å². The quantitative estimate of drug-likeness (QED) is 0.0614. The number of hydrogen-bond acceptors (Lipinski definition) is 10. The Morgan fingerprint density at radius 2 is 2.00 bits per heavy atom. The van der Waals surface area contributed by atoms with Crippen LogP contribution in [0.4, 0.5) is 14.7 Å². The number of fused-ring (bicyclic) bond motifs is 2. The third kappa shape index (κ3) is 7.79. The number of rotatable bonds is 11. The lowest BCUT2D eigenvalue weighted by Crippen LogP contribution is -2.32. The van der Waals surface area contributed by atoms with Crippen molar-refractivity contribution in [1.82, 2.24) is 14.9 Å². The van der Waals surface area contributed by atoms with Crippen molar-refractivity contribution in [3.8, 4) is 17.6 Å². The van der Waals surface area contributed by atoms with Gasteiger partial charge in [-0.25, -0.2) is 19.2 Å². The van der Waals surface area contributed by atoms with Crippen LogP contribution in [0.5, 0.6) is 5.75 Å². The summed E-state index contributed by atoms with van der Waals surface area (Å²) in [5, 5.41) is 14.0. The summed E-state index contributed by atoms with van der Waals surface area (Å²) in [6, 6.07) is 18.0. The van der Waals surface area contributed by atoms with E-state index in [2.05, 4.69) is 39.8 Å². The van der Waals surface area contributed by atoms with Crippen molar-refractivity contribution in [2.45, 2.75) is 25.8 Å². The highest BCUT2D eigenvalue weighted by Gasteiger charge is 2.26. The predicted octanol–water partition coefficient (Wildman–Crippen LogP) is 6.59. The van der Waals surface area contributed by atoms with Gasteiger partial charge in [0.05, 0.1) is 23.4 Å². The summed E-state index contributed by atoms with van der Waals surface area (Å²) in [5.41, 5.74) is 3.89. The molecular formula is C35H32FN5O4S3. The van der Waals surface area contributed by atoms with E-state index in [0.717, 1.165) is 21.3 Å². The number of nitrogens with zero attached hydrogens (tertiary/aromatic N) is 4. The van der Waals surface area contributed by atoms with Gasteiger partial charge in [0, 0.05) is 35.0 Å². The summed E-state index contributed by atoms with van der Waals surface area (Å²) in [4.78, 5) is 39.1. The fourth-order valence-corrected chi connectivity index (χ4v) is 7.37. The molecule has 0 radical (unpaired) electrons. The van der Waals surface area contributed by atoms with Gasteiger partial charge in [0.15, 0.2) is 27.5 Å². The average molecular weight is 702 g/mol. The molecule has 2 aromatic heterocycles. The highest BCUT2D eigenvalue weighted by atomic mass is 32.1. The number of thiazole rings is 2. The number of aryl methyl sites for hydroxylation is 1. The Bertz CT molecular complexity index is 2000. The second-order valence-corrected chi connectivity index (χ2v) is 13.6. The molecule has 48 heavy (non-hydrogen) atoms. The number of carboxylic acid groups (broad SMARTS) is 1. The van der Waals surface area contributed by atoms with Gasteiger partial charge < -0.3 is 14.7 Å². The Morgan fingerprint density at radius 3 is 2.79 bits per heavy atom. The zero-order valence-corrected chi connectivity index (χ0v) is 28.6. The van der Waals surface area contributed by atoms with Crippen LogP contribution < -0.4 is 15.0 Å². The van der Waals surface area contributed by atoms with Crippen molar-refractivity contribution in [2.75, 3.05) is 42.8 Å². The van der Waals surface area contributed by atoms with E-state index in [1.54, 1.807) is 18.2 Å². The van der Waals surface area contributed by atoms with Crippen molar-refractivity contribution in [2.24, 2.45) is 0 Å². The lowest BCUT2D eigenvalue weighted by Gasteiger charge is -2.29. The molecule has 1 aliphatic rings. The van der Waals surface area contributed by atoms with E-state index in [4.69, 9.17) is 4.74 Å². The molecule has 1 aliphatic heterocycles. The van der Waals surface area contributed by atoms with Gasteiger partial charge in [-0.2, -0.15) is 12.6 Å². The minimum Gasteiger partial charge on any atom is -0.491 e. The van der Waals surface area contributed by atoms with Crippen LogP contribution in [0.25, 0.3) is 10.2 Å². The normalized spacial score (nSPS) is 12.5. The largest absolute Gasteiger partial charge is 0.491 e. The summed E-state index contributed by atoms with van der Waals surface area (Å²) < 4.78 is 21.3. The molecule has 0 saturated heterocycles. The molecular weight excluding hydrogens is 670 g/mol. The highest BCUT2D eigenvalue weighted by molar-refractivity contribution is 7.80. The van der Waals surface area contributed by atoms with Crippen molar-refractivity contribution in [1.29, 1.82) is 0 Å². The SMILES string of the molecule is CN(CS)CC#Cc1ccc(OCCCc2sc(N3CCc4cccc(C(=O)Nc5nc6ccccc6s5)c4C3)nc2C(=O)O)c(F)c1. The number of carboxylic acids is 1. The van der Waals surface area contributed by atoms with Crippen LogP contribution in [0.3, 0.4) is 0 Å². The van der Waals surface area contributed by atoms with Gasteiger partial charge >= 0.3 is 5.97 Å². The summed E-state index contributed by atoms with van der Waals surface area (Å²) in [7, 11) is 1.89. The van der Waals surface area contributed by atoms with Crippen molar-refractivity contribution < 1.29 is 23.8 Å². The van der Waals surface area contributed by atoms with Crippen molar-refractivity contribution in [3.05, 3.63) is 99.3 Å². The Morgan fingerprint density at radius 1 is 1.15 bits per heavy atom. The standard InChI is InChI=1S/C35H32FN5O4S3/c1-40(21-46)16-5-7-22-13-14-28(26(36)19-22)45-18-6-12-30-31(33(43)44)38-35(48-30)41-17-15-23-8-4-9-24(25(23)20-41)32(42)39-34-37-27-10-2-3-11-29(27)47-34/h2-4,8-11,13-14,19,46H,6,12,15-18,20-21H2,1H3,(H,43,44)(H,37,39,42). The Labute approximate surface area is 290 Å². The van der Waals surface area contributed by atoms with Crippen LogP contribution in [0, 0.1) is 17.7 Å². The maximum atomic E-state index is 14.6. The third-order valence-corrected chi connectivity index (χ3v) is 10.4. The van der Waals surface area contributed by atoms with Crippen molar-refractivity contribution >= 4 is 67.7 Å². The molecule has 13 heteroatoms. The number of nitrogens with one attached hydrogen (secondary N) is 1. The van der Waals surface area contributed by atoms with Gasteiger partial charge in [-0.1, -0.05) is 47.4 Å². The van der Waals surface area contributed by atoms with Gasteiger partial charge in [-0.05, 0) is 73.8 Å². The molecule has 3 aromatic carbocycles. The number of para-hydroxylation sites is 1. The van der Waals surface area contributed by atoms with Gasteiger partial charge in [0.2, 0.25) is 0 Å². The topological polar surface area (TPSA) is 108 Å². The summed E-state index contributed by atoms with van der Waals surface area (Å²) >= 11 is 6.93. The van der Waals surface area contributed by atoms with E-state index in [0.29, 0.717) is 71.0 Å². The maximum Gasteiger partial charge on any atom is 0.355 e. The third-order valence-electron chi connectivity index (χ3n) is 7.75. The first-order valence-corrected chi connectivity index (χ1v) is 17.5. The van der Waals surface area contributed by atoms with Crippen LogP contribution in [0.1, 0.15) is 48.8 Å². The number of thiol groups is 1. The lowest BCUT2D eigenvalue weighted by molar-refractivity contribution is 0.0690. The lowest BCUT2D eigenvalue weighted by atomic mass is 9.94. The molecule has 0 unspecified atom stereocenters. The van der Waals surface area contributed by atoms with E-state index >= 15 is 0 Å². The molecule has 246 valence electrons. The number of ether oxygens (including phenoxy) is 1. The molecule has 3 heterocycles. The van der Waals surface area contributed by atoms with E-state index < -0.39 is 11.8 Å². The number of carbonyl (C=O) groups excluding carboxylic acids is 1. The molecule has 0 bridgehead atoms. The van der Waals surface area contributed by atoms with E-state index in [9.17, 15) is 19.1 Å². The van der Waals surface area contributed by atoms with Gasteiger partial charge in [0.1, 0.15) is 0 Å². The average Bonchev–Trinajstić information content (AvgIpc) is 3.71. The van der Waals surface area contributed by atoms with Gasteiger partial charge in [-0.3, -0.25) is 15.0 Å². The molecule has 0 saturated carbocycles. The van der Waals surface area contributed by atoms with Crippen molar-refractivity contribution in [3.63, 3.8) is 0 Å². The number of benzene rings is 3. The van der Waals surface area contributed by atoms with E-state index in [-0.39, 0.29) is 24.0 Å². The first kappa shape index (κ1) is 33.4. The molecule has 0 fully saturated rings. The van der Waals surface area contributed by atoms with Crippen LogP contribution in [-0.4, -0.2) is 64.5 Å². The Balaban J connectivity index is 1.09. The first-order valence-electron chi connectivity index (χ1n) is 15.3. The number of anilines is 2. The second kappa shape index (κ2) is 15.2. The molecule has 5 aromatic rings. The molecule has 0 spiro atoms. The monoisotopic (exact) mass is 701 g/mol. The molecule has 0 atom stereocenters. The fourth-order valence-electron chi connectivity index (χ4n) is 5.30. The Kier molecular flexibility index (Phi) is 10.6. The second-order valence-electron chi connectivity index (χ2n) is 11.2. The Hall–Kier alpha value is -4.48. The minimum absolute atomic E-state index is 0.000306. The molecule has 1 amide bonds. The number of aromatic carboxylic acids is 1. The zero-order chi connectivity index (χ0) is 33.6. The summed E-state index contributed by atoms with van der Waals surface area (Å²) in [6.45, 7) is 1.78.